The van der Waals surface area contributed by atoms with E-state index < -0.39 is 0 Å². The van der Waals surface area contributed by atoms with Gasteiger partial charge in [-0.15, -0.1) is 11.3 Å². The van der Waals surface area contributed by atoms with Crippen LogP contribution in [0.4, 0.5) is 5.69 Å². The summed E-state index contributed by atoms with van der Waals surface area (Å²) in [5, 5.41) is 1.41. The number of nitrogens with zero attached hydrogens (tertiary/aromatic N) is 1. The van der Waals surface area contributed by atoms with Gasteiger partial charge in [0.1, 0.15) is 0 Å². The summed E-state index contributed by atoms with van der Waals surface area (Å²) in [5.74, 6) is 3.55. The molecular formula is C24H25NOS. The quantitative estimate of drug-likeness (QED) is 0.469. The maximum Gasteiger partial charge on any atom is 0.188 e. The van der Waals surface area contributed by atoms with Gasteiger partial charge in [-0.05, 0) is 80.9 Å². The van der Waals surface area contributed by atoms with Crippen molar-refractivity contribution >= 4 is 27.3 Å². The van der Waals surface area contributed by atoms with Crippen LogP contribution in [0.1, 0.15) is 55.5 Å². The second-order valence-corrected chi connectivity index (χ2v) is 10.5. The summed E-state index contributed by atoms with van der Waals surface area (Å²) in [6, 6.07) is 13.9. The fourth-order valence-electron chi connectivity index (χ4n) is 7.84. The van der Waals surface area contributed by atoms with E-state index in [0.29, 0.717) is 6.04 Å². The van der Waals surface area contributed by atoms with E-state index in [-0.39, 0.29) is 5.54 Å². The molecule has 138 valence electrons. The Kier molecular flexibility index (Phi) is 2.81. The molecule has 1 atom stereocenters. The summed E-state index contributed by atoms with van der Waals surface area (Å²) >= 11 is 1.91. The lowest BCUT2D eigenvalue weighted by Crippen LogP contribution is -2.62. The molecule has 0 N–H and O–H groups in total. The molecule has 2 nitrogen and oxygen atoms in total. The van der Waals surface area contributed by atoms with Crippen molar-refractivity contribution in [3.63, 3.8) is 0 Å². The van der Waals surface area contributed by atoms with Crippen molar-refractivity contribution in [2.45, 2.75) is 50.6 Å². The third-order valence-electron chi connectivity index (χ3n) is 8.33. The minimum absolute atomic E-state index is 0.186. The Morgan fingerprint density at radius 1 is 0.963 bits per heavy atom. The smallest absolute Gasteiger partial charge is 0.188 e. The van der Waals surface area contributed by atoms with E-state index in [1.54, 1.807) is 10.4 Å². The van der Waals surface area contributed by atoms with Crippen molar-refractivity contribution in [1.29, 1.82) is 0 Å². The highest BCUT2D eigenvalue weighted by atomic mass is 32.1. The molecule has 4 fully saturated rings. The average Bonchev–Trinajstić information content (AvgIpc) is 3.31. The van der Waals surface area contributed by atoms with E-state index in [9.17, 15) is 0 Å². The summed E-state index contributed by atoms with van der Waals surface area (Å²) in [6.07, 6.45) is 9.12. The third kappa shape index (κ3) is 1.69. The van der Waals surface area contributed by atoms with Crippen LogP contribution in [-0.2, 0) is 5.54 Å². The fraction of sp³-hybridized carbons (Fsp3) is 0.500. The molecule has 5 aliphatic rings. The van der Waals surface area contributed by atoms with Gasteiger partial charge < -0.3 is 9.32 Å². The number of rotatable bonds is 1. The molecule has 3 heterocycles. The van der Waals surface area contributed by atoms with E-state index in [0.717, 1.165) is 28.6 Å². The monoisotopic (exact) mass is 375 g/mol. The third-order valence-corrected chi connectivity index (χ3v) is 9.60. The van der Waals surface area contributed by atoms with Gasteiger partial charge in [0.15, 0.2) is 4.90 Å². The Morgan fingerprint density at radius 3 is 2.37 bits per heavy atom. The van der Waals surface area contributed by atoms with Gasteiger partial charge in [0.2, 0.25) is 0 Å². The van der Waals surface area contributed by atoms with Gasteiger partial charge in [0.05, 0.1) is 17.8 Å². The predicted octanol–water partition coefficient (Wildman–Crippen LogP) is 6.73. The molecular weight excluding hydrogens is 350 g/mol. The molecule has 4 aliphatic carbocycles. The lowest BCUT2D eigenvalue weighted by atomic mass is 9.47. The summed E-state index contributed by atoms with van der Waals surface area (Å²) in [6.45, 7) is 2.43. The molecule has 0 amide bonds. The first-order valence-corrected chi connectivity index (χ1v) is 11.4. The maximum atomic E-state index is 5.89. The van der Waals surface area contributed by atoms with E-state index in [4.69, 9.17) is 4.42 Å². The highest BCUT2D eigenvalue weighted by Gasteiger charge is 2.65. The van der Waals surface area contributed by atoms with Crippen LogP contribution in [0.2, 0.25) is 0 Å². The van der Waals surface area contributed by atoms with E-state index in [1.807, 2.05) is 17.6 Å². The molecule has 8 rings (SSSR count). The lowest BCUT2D eigenvalue weighted by molar-refractivity contribution is -0.0596. The zero-order valence-corrected chi connectivity index (χ0v) is 16.5. The molecule has 0 unspecified atom stereocenters. The standard InChI is InChI=1S/C24H25NOS/c1-14-22-21(20-7-8-26-23(20)27-22)24(25(14)19-5-3-2-4-6-19)17-10-15-9-16(12-17)13-18(24)11-15/h2-8,14-18H,9-13H2,1H3/t14-,15?,16?,17?,18?,24?/m0/s1. The van der Waals surface area contributed by atoms with Crippen molar-refractivity contribution in [3.05, 3.63) is 53.1 Å². The van der Waals surface area contributed by atoms with Crippen LogP contribution in [0.15, 0.2) is 47.1 Å². The largest absolute Gasteiger partial charge is 0.454 e. The van der Waals surface area contributed by atoms with Crippen LogP contribution in [-0.4, -0.2) is 0 Å². The van der Waals surface area contributed by atoms with Gasteiger partial charge in [-0.1, -0.05) is 18.2 Å². The van der Waals surface area contributed by atoms with Crippen LogP contribution in [0, 0.1) is 23.7 Å². The first kappa shape index (κ1) is 15.2. The first-order chi connectivity index (χ1) is 13.3. The lowest BCUT2D eigenvalue weighted by Gasteiger charge is -2.64. The highest BCUT2D eigenvalue weighted by molar-refractivity contribution is 7.18. The molecule has 0 saturated heterocycles. The van der Waals surface area contributed by atoms with Crippen molar-refractivity contribution in [2.24, 2.45) is 23.7 Å². The van der Waals surface area contributed by atoms with Crippen LogP contribution in [0.3, 0.4) is 0 Å². The average molecular weight is 376 g/mol. The van der Waals surface area contributed by atoms with Crippen LogP contribution < -0.4 is 4.90 Å². The molecule has 3 aromatic rings. The van der Waals surface area contributed by atoms with Crippen LogP contribution in [0.25, 0.3) is 10.3 Å². The number of hydrogen-bond donors (Lipinski definition) is 0. The molecule has 1 aromatic carbocycles. The van der Waals surface area contributed by atoms with E-state index >= 15 is 0 Å². The Hall–Kier alpha value is -1.74. The van der Waals surface area contributed by atoms with Gasteiger partial charge in [0.25, 0.3) is 0 Å². The number of hydrogen-bond acceptors (Lipinski definition) is 3. The van der Waals surface area contributed by atoms with E-state index in [1.165, 1.54) is 43.2 Å². The maximum absolute atomic E-state index is 5.89. The minimum Gasteiger partial charge on any atom is -0.454 e. The van der Waals surface area contributed by atoms with Gasteiger partial charge in [-0.2, -0.15) is 0 Å². The Morgan fingerprint density at radius 2 is 1.67 bits per heavy atom. The van der Waals surface area contributed by atoms with Gasteiger partial charge in [-0.3, -0.25) is 0 Å². The zero-order valence-electron chi connectivity index (χ0n) is 15.7. The number of anilines is 1. The highest BCUT2D eigenvalue weighted by Crippen LogP contribution is 2.70. The Labute approximate surface area is 164 Å². The first-order valence-electron chi connectivity index (χ1n) is 10.6. The molecule has 2 aromatic heterocycles. The number of fused-ring (bicyclic) bond motifs is 3. The normalized spacial score (nSPS) is 39.0. The summed E-state index contributed by atoms with van der Waals surface area (Å²) in [5.41, 5.74) is 3.25. The van der Waals surface area contributed by atoms with Crippen LogP contribution in [0.5, 0.6) is 0 Å². The summed E-state index contributed by atoms with van der Waals surface area (Å²) < 4.78 is 5.89. The second kappa shape index (κ2) is 5.00. The van der Waals surface area contributed by atoms with Crippen molar-refractivity contribution < 1.29 is 4.42 Å². The second-order valence-electron chi connectivity index (χ2n) is 9.47. The summed E-state index contributed by atoms with van der Waals surface area (Å²) in [4.78, 5) is 5.57. The van der Waals surface area contributed by atoms with E-state index in [2.05, 4.69) is 48.2 Å². The Balaban J connectivity index is 1.54. The topological polar surface area (TPSA) is 16.4 Å². The SMILES string of the molecule is C[C@H]1c2sc3occc3c2C2(C3CC4CC(C3)CC2C4)N1c1ccccc1. The number of benzene rings is 1. The number of para-hydroxylation sites is 1. The molecule has 4 saturated carbocycles. The van der Waals surface area contributed by atoms with Gasteiger partial charge in [0, 0.05) is 21.5 Å². The van der Waals surface area contributed by atoms with Crippen molar-refractivity contribution in [2.75, 3.05) is 4.90 Å². The fourth-order valence-corrected chi connectivity index (χ4v) is 9.07. The molecule has 1 spiro atoms. The number of thiophene rings is 1. The van der Waals surface area contributed by atoms with Gasteiger partial charge >= 0.3 is 0 Å². The molecule has 3 heteroatoms. The molecule has 0 radical (unpaired) electrons. The zero-order chi connectivity index (χ0) is 17.8. The summed E-state index contributed by atoms with van der Waals surface area (Å²) in [7, 11) is 0. The van der Waals surface area contributed by atoms with Crippen LogP contribution >= 0.6 is 11.3 Å². The van der Waals surface area contributed by atoms with Crippen molar-refractivity contribution in [3.8, 4) is 0 Å². The minimum atomic E-state index is 0.186. The number of furan rings is 1. The molecule has 27 heavy (non-hydrogen) atoms. The predicted molar refractivity (Wildman–Crippen MR) is 110 cm³/mol. The van der Waals surface area contributed by atoms with Crippen molar-refractivity contribution in [1.82, 2.24) is 0 Å². The molecule has 4 bridgehead atoms. The Bertz CT molecular complexity index is 1000. The van der Waals surface area contributed by atoms with Gasteiger partial charge in [-0.25, -0.2) is 0 Å². The molecule has 1 aliphatic heterocycles.